The number of hydrogen-bond donors (Lipinski definition) is 2. The summed E-state index contributed by atoms with van der Waals surface area (Å²) in [5, 5.41) is 3.57. The minimum Gasteiger partial charge on any atom is -0.450 e. The summed E-state index contributed by atoms with van der Waals surface area (Å²) >= 11 is 1.37. The number of fused-ring (bicyclic) bond motifs is 2. The van der Waals surface area contributed by atoms with Gasteiger partial charge >= 0.3 is 0 Å². The molecule has 0 atom stereocenters. The van der Waals surface area contributed by atoms with Crippen molar-refractivity contribution in [3.63, 3.8) is 0 Å². The molecule has 0 saturated carbocycles. The molecule has 27 heavy (non-hydrogen) atoms. The maximum Gasteiger partial charge on any atom is 0.292 e. The lowest BCUT2D eigenvalue weighted by Gasteiger charge is -2.11. The lowest BCUT2D eigenvalue weighted by Crippen LogP contribution is -2.19. The van der Waals surface area contributed by atoms with Gasteiger partial charge in [-0.1, -0.05) is 12.1 Å². The molecule has 0 fully saturated rings. The zero-order valence-corrected chi connectivity index (χ0v) is 15.6. The number of primary amides is 1. The van der Waals surface area contributed by atoms with Crippen LogP contribution in [-0.2, 0) is 12.8 Å². The van der Waals surface area contributed by atoms with Crippen molar-refractivity contribution < 1.29 is 14.0 Å². The summed E-state index contributed by atoms with van der Waals surface area (Å²) < 4.78 is 5.69. The summed E-state index contributed by atoms with van der Waals surface area (Å²) in [5.41, 5.74) is 7.74. The van der Waals surface area contributed by atoms with Gasteiger partial charge < -0.3 is 15.5 Å². The van der Waals surface area contributed by atoms with Crippen LogP contribution < -0.4 is 16.5 Å². The SMILES string of the molecule is Cc1cccc2c(=O)cc(C(=O)Nc3sc4c(c3C(N)=O)CCCC4)oc12. The average molecular weight is 382 g/mol. The molecule has 0 radical (unpaired) electrons. The molecule has 0 saturated heterocycles. The molecule has 3 N–H and O–H groups in total. The lowest BCUT2D eigenvalue weighted by molar-refractivity contribution is 0.0997. The molecular formula is C20H18N2O4S. The van der Waals surface area contributed by atoms with Gasteiger partial charge in [0.25, 0.3) is 11.8 Å². The number of nitrogens with one attached hydrogen (secondary N) is 1. The first-order chi connectivity index (χ1) is 13.0. The van der Waals surface area contributed by atoms with Crippen molar-refractivity contribution in [1.29, 1.82) is 0 Å². The van der Waals surface area contributed by atoms with E-state index in [1.54, 1.807) is 12.1 Å². The third-order valence-electron chi connectivity index (χ3n) is 4.82. The van der Waals surface area contributed by atoms with Crippen LogP contribution >= 0.6 is 11.3 Å². The maximum absolute atomic E-state index is 12.7. The van der Waals surface area contributed by atoms with Crippen molar-refractivity contribution in [1.82, 2.24) is 0 Å². The zero-order valence-electron chi connectivity index (χ0n) is 14.8. The molecule has 138 valence electrons. The van der Waals surface area contributed by atoms with Crippen molar-refractivity contribution in [2.45, 2.75) is 32.6 Å². The molecule has 2 heterocycles. The number of thiophene rings is 1. The maximum atomic E-state index is 12.7. The van der Waals surface area contributed by atoms with E-state index in [-0.39, 0.29) is 11.2 Å². The van der Waals surface area contributed by atoms with E-state index >= 15 is 0 Å². The Morgan fingerprint density at radius 1 is 1.22 bits per heavy atom. The molecule has 0 unspecified atom stereocenters. The zero-order chi connectivity index (χ0) is 19.1. The molecule has 2 aromatic heterocycles. The fourth-order valence-electron chi connectivity index (χ4n) is 3.51. The first kappa shape index (κ1) is 17.5. The second kappa shape index (κ2) is 6.66. The number of hydrogen-bond acceptors (Lipinski definition) is 5. The highest BCUT2D eigenvalue weighted by Crippen LogP contribution is 2.38. The van der Waals surface area contributed by atoms with Crippen LogP contribution in [0.25, 0.3) is 11.0 Å². The topological polar surface area (TPSA) is 102 Å². The molecule has 6 nitrogen and oxygen atoms in total. The lowest BCUT2D eigenvalue weighted by atomic mass is 9.95. The van der Waals surface area contributed by atoms with Crippen molar-refractivity contribution in [3.05, 3.63) is 61.8 Å². The van der Waals surface area contributed by atoms with Crippen LogP contribution in [0.5, 0.6) is 0 Å². The van der Waals surface area contributed by atoms with Crippen LogP contribution in [-0.4, -0.2) is 11.8 Å². The number of anilines is 1. The molecule has 1 aromatic carbocycles. The molecule has 7 heteroatoms. The van der Waals surface area contributed by atoms with Gasteiger partial charge in [0.1, 0.15) is 10.6 Å². The first-order valence-electron chi connectivity index (χ1n) is 8.75. The summed E-state index contributed by atoms with van der Waals surface area (Å²) in [5.74, 6) is -1.22. The number of para-hydroxylation sites is 1. The summed E-state index contributed by atoms with van der Waals surface area (Å²) in [6.45, 7) is 1.81. The minimum absolute atomic E-state index is 0.0939. The van der Waals surface area contributed by atoms with E-state index in [1.165, 1.54) is 17.4 Å². The molecule has 0 spiro atoms. The molecule has 3 aromatic rings. The highest BCUT2D eigenvalue weighted by Gasteiger charge is 2.26. The third kappa shape index (κ3) is 3.04. The summed E-state index contributed by atoms with van der Waals surface area (Å²) in [6.07, 6.45) is 3.71. The van der Waals surface area contributed by atoms with Crippen LogP contribution in [0.15, 0.2) is 33.5 Å². The standard InChI is InChI=1S/C20H18N2O4S/c1-10-5-4-7-11-13(23)9-14(26-17(10)11)19(25)22-20-16(18(21)24)12-6-2-3-8-15(12)27-20/h4-5,7,9H,2-3,6,8H2,1H3,(H2,21,24)(H,22,25). The van der Waals surface area contributed by atoms with E-state index in [2.05, 4.69) is 5.32 Å². The van der Waals surface area contributed by atoms with Gasteiger partial charge in [-0.15, -0.1) is 11.3 Å². The molecule has 0 aliphatic heterocycles. The van der Waals surface area contributed by atoms with Crippen LogP contribution in [0, 0.1) is 6.92 Å². The normalized spacial score (nSPS) is 13.4. The van der Waals surface area contributed by atoms with Crippen molar-refractivity contribution in [3.8, 4) is 0 Å². The van der Waals surface area contributed by atoms with E-state index in [4.69, 9.17) is 10.2 Å². The molecule has 0 bridgehead atoms. The Labute approximate surface area is 159 Å². The molecule has 2 amide bonds. The van der Waals surface area contributed by atoms with Gasteiger partial charge in [-0.25, -0.2) is 0 Å². The molecule has 4 rings (SSSR count). The summed E-state index contributed by atoms with van der Waals surface area (Å²) in [6, 6.07) is 6.41. The third-order valence-corrected chi connectivity index (χ3v) is 6.03. The molecular weight excluding hydrogens is 364 g/mol. The van der Waals surface area contributed by atoms with Gasteiger partial charge in [-0.3, -0.25) is 14.4 Å². The van der Waals surface area contributed by atoms with Gasteiger partial charge in [0.2, 0.25) is 0 Å². The van der Waals surface area contributed by atoms with Crippen molar-refractivity contribution in [2.24, 2.45) is 5.73 Å². The van der Waals surface area contributed by atoms with Gasteiger partial charge in [-0.2, -0.15) is 0 Å². The van der Waals surface area contributed by atoms with Crippen molar-refractivity contribution in [2.75, 3.05) is 5.32 Å². The van der Waals surface area contributed by atoms with Gasteiger partial charge in [0.05, 0.1) is 10.9 Å². The fraction of sp³-hybridized carbons (Fsp3) is 0.250. The second-order valence-electron chi connectivity index (χ2n) is 6.66. The molecule has 1 aliphatic carbocycles. The largest absolute Gasteiger partial charge is 0.450 e. The highest BCUT2D eigenvalue weighted by atomic mass is 32.1. The van der Waals surface area contributed by atoms with Gasteiger partial charge in [0.15, 0.2) is 11.2 Å². The molecule has 1 aliphatic rings. The number of rotatable bonds is 3. The Kier molecular flexibility index (Phi) is 4.31. The predicted molar refractivity (Wildman–Crippen MR) is 105 cm³/mol. The Balaban J connectivity index is 1.74. The Bertz CT molecular complexity index is 1140. The number of nitrogens with two attached hydrogens (primary N) is 1. The second-order valence-corrected chi connectivity index (χ2v) is 7.77. The average Bonchev–Trinajstić information content (AvgIpc) is 3.00. The van der Waals surface area contributed by atoms with Crippen LogP contribution in [0.1, 0.15) is 49.8 Å². The first-order valence-corrected chi connectivity index (χ1v) is 9.56. The summed E-state index contributed by atoms with van der Waals surface area (Å²) in [7, 11) is 0. The Hall–Kier alpha value is -2.93. The van der Waals surface area contributed by atoms with Gasteiger partial charge in [0, 0.05) is 10.9 Å². The van der Waals surface area contributed by atoms with Crippen molar-refractivity contribution >= 4 is 39.1 Å². The number of amides is 2. The quantitative estimate of drug-likeness (QED) is 0.725. The smallest absolute Gasteiger partial charge is 0.292 e. The Morgan fingerprint density at radius 3 is 2.78 bits per heavy atom. The number of carbonyl (C=O) groups is 2. The van der Waals surface area contributed by atoms with Gasteiger partial charge in [-0.05, 0) is 49.8 Å². The minimum atomic E-state index is -0.571. The van der Waals surface area contributed by atoms with E-state index < -0.39 is 11.8 Å². The van der Waals surface area contributed by atoms with E-state index in [0.29, 0.717) is 21.5 Å². The van der Waals surface area contributed by atoms with Crippen LogP contribution in [0.2, 0.25) is 0 Å². The Morgan fingerprint density at radius 2 is 2.00 bits per heavy atom. The number of benzene rings is 1. The predicted octanol–water partition coefficient (Wildman–Crippen LogP) is 3.39. The number of aryl methyl sites for hydroxylation is 2. The monoisotopic (exact) mass is 382 g/mol. The van der Waals surface area contributed by atoms with E-state index in [0.717, 1.165) is 41.7 Å². The fourth-order valence-corrected chi connectivity index (χ4v) is 4.80. The summed E-state index contributed by atoms with van der Waals surface area (Å²) in [4.78, 5) is 38.1. The number of carbonyl (C=O) groups excluding carboxylic acids is 2. The van der Waals surface area contributed by atoms with E-state index in [1.807, 2.05) is 13.0 Å². The van der Waals surface area contributed by atoms with Crippen LogP contribution in [0.4, 0.5) is 5.00 Å². The highest BCUT2D eigenvalue weighted by molar-refractivity contribution is 7.17. The van der Waals surface area contributed by atoms with E-state index in [9.17, 15) is 14.4 Å². The van der Waals surface area contributed by atoms with Crippen LogP contribution in [0.3, 0.4) is 0 Å².